The second kappa shape index (κ2) is 12.4. The Bertz CT molecular complexity index is 1300. The molecule has 1 N–H and O–H groups in total. The summed E-state index contributed by atoms with van der Waals surface area (Å²) in [6, 6.07) is 5.86. The van der Waals surface area contributed by atoms with Gasteiger partial charge in [-0.2, -0.15) is 13.2 Å². The van der Waals surface area contributed by atoms with Crippen molar-refractivity contribution in [2.75, 3.05) is 32.2 Å². The molecule has 1 heterocycles. The molecule has 38 heavy (non-hydrogen) atoms. The van der Waals surface area contributed by atoms with Crippen LogP contribution in [0.5, 0.6) is 17.2 Å². The molecule has 0 aliphatic carbocycles. The van der Waals surface area contributed by atoms with Crippen molar-refractivity contribution in [3.05, 3.63) is 63.5 Å². The summed E-state index contributed by atoms with van der Waals surface area (Å²) in [5.41, 5.74) is -0.732. The Kier molecular flexibility index (Phi) is 9.50. The molecule has 0 spiro atoms. The molecule has 0 radical (unpaired) electrons. The fourth-order valence-corrected chi connectivity index (χ4v) is 4.55. The largest absolute Gasteiger partial charge is 0.495 e. The molecule has 3 rings (SSSR count). The molecule has 202 valence electrons. The third-order valence-electron chi connectivity index (χ3n) is 4.98. The van der Waals surface area contributed by atoms with E-state index in [0.717, 1.165) is 12.1 Å². The highest BCUT2D eigenvalue weighted by molar-refractivity contribution is 9.10. The van der Waals surface area contributed by atoms with Gasteiger partial charge >= 0.3 is 6.18 Å². The van der Waals surface area contributed by atoms with E-state index in [-0.39, 0.29) is 22.9 Å². The lowest BCUT2D eigenvalue weighted by Gasteiger charge is -2.16. The van der Waals surface area contributed by atoms with Crippen LogP contribution in [0.1, 0.15) is 18.1 Å². The van der Waals surface area contributed by atoms with Crippen LogP contribution in [0.2, 0.25) is 0 Å². The molecule has 3 amide bonds. The number of anilines is 1. The number of hydrogen-bond acceptors (Lipinski definition) is 7. The van der Waals surface area contributed by atoms with Crippen LogP contribution in [0.3, 0.4) is 0 Å². The standard InChI is InChI=1S/C25H22BrF3N2O6S/c1-4-8-37-20-12-16(26)14(9-19(20)36-5-2)10-21-23(33)31(24(34)38-21)13-22(32)30-17-11-15(25(27,28)29)6-7-18(17)35-3/h4,6-7,9-12H,1,5,8,13H2,2-3H3,(H,30,32)/b21-10-. The second-order valence-corrected chi connectivity index (χ2v) is 9.43. The van der Waals surface area contributed by atoms with Gasteiger partial charge in [-0.05, 0) is 60.7 Å². The van der Waals surface area contributed by atoms with Gasteiger partial charge in [0, 0.05) is 4.47 Å². The quantitative estimate of drug-likeness (QED) is 0.255. The predicted octanol–water partition coefficient (Wildman–Crippen LogP) is 6.12. The van der Waals surface area contributed by atoms with E-state index in [2.05, 4.69) is 27.8 Å². The van der Waals surface area contributed by atoms with Crippen LogP contribution in [0.4, 0.5) is 23.7 Å². The molecule has 1 fully saturated rings. The monoisotopic (exact) mass is 614 g/mol. The molecule has 13 heteroatoms. The minimum atomic E-state index is -4.64. The van der Waals surface area contributed by atoms with Crippen LogP contribution in [0.25, 0.3) is 6.08 Å². The minimum Gasteiger partial charge on any atom is -0.495 e. The molecule has 0 saturated carbocycles. The maximum absolute atomic E-state index is 13.1. The number of methoxy groups -OCH3 is 1. The number of rotatable bonds is 10. The Hall–Kier alpha value is -3.45. The average molecular weight is 615 g/mol. The summed E-state index contributed by atoms with van der Waals surface area (Å²) in [5, 5.41) is 1.57. The lowest BCUT2D eigenvalue weighted by atomic mass is 10.1. The van der Waals surface area contributed by atoms with E-state index in [4.69, 9.17) is 14.2 Å². The minimum absolute atomic E-state index is 0.0177. The van der Waals surface area contributed by atoms with E-state index in [1.54, 1.807) is 25.1 Å². The Labute approximate surface area is 228 Å². The summed E-state index contributed by atoms with van der Waals surface area (Å²) < 4.78 is 56.0. The van der Waals surface area contributed by atoms with Gasteiger partial charge in [0.1, 0.15) is 18.9 Å². The third-order valence-corrected chi connectivity index (χ3v) is 6.58. The van der Waals surface area contributed by atoms with Gasteiger partial charge in [-0.15, -0.1) is 0 Å². The number of nitrogens with zero attached hydrogens (tertiary/aromatic N) is 1. The molecule has 0 atom stereocenters. The smallest absolute Gasteiger partial charge is 0.416 e. The molecule has 0 unspecified atom stereocenters. The molecule has 2 aromatic rings. The third kappa shape index (κ3) is 6.90. The lowest BCUT2D eigenvalue weighted by Crippen LogP contribution is -2.36. The topological polar surface area (TPSA) is 94.2 Å². The molecule has 8 nitrogen and oxygen atoms in total. The zero-order chi connectivity index (χ0) is 28.0. The fourth-order valence-electron chi connectivity index (χ4n) is 3.28. The van der Waals surface area contributed by atoms with Gasteiger partial charge in [-0.3, -0.25) is 19.3 Å². The van der Waals surface area contributed by atoms with Crippen molar-refractivity contribution in [3.63, 3.8) is 0 Å². The van der Waals surface area contributed by atoms with Crippen molar-refractivity contribution < 1.29 is 41.8 Å². The van der Waals surface area contributed by atoms with Crippen molar-refractivity contribution in [2.45, 2.75) is 13.1 Å². The molecule has 2 aromatic carbocycles. The zero-order valence-electron chi connectivity index (χ0n) is 20.2. The Balaban J connectivity index is 1.80. The Morgan fingerprint density at radius 1 is 1.16 bits per heavy atom. The predicted molar refractivity (Wildman–Crippen MR) is 140 cm³/mol. The van der Waals surface area contributed by atoms with Gasteiger partial charge in [0.25, 0.3) is 11.1 Å². The van der Waals surface area contributed by atoms with Crippen LogP contribution >= 0.6 is 27.7 Å². The number of hydrogen-bond donors (Lipinski definition) is 1. The lowest BCUT2D eigenvalue weighted by molar-refractivity contribution is -0.137. The summed E-state index contributed by atoms with van der Waals surface area (Å²) in [5.74, 6) is -0.767. The summed E-state index contributed by atoms with van der Waals surface area (Å²) in [4.78, 5) is 38.8. The maximum atomic E-state index is 13.1. The van der Waals surface area contributed by atoms with Crippen LogP contribution in [0, 0.1) is 0 Å². The number of imide groups is 1. The molecule has 1 saturated heterocycles. The van der Waals surface area contributed by atoms with Crippen molar-refractivity contribution in [1.29, 1.82) is 0 Å². The first kappa shape index (κ1) is 29.1. The zero-order valence-corrected chi connectivity index (χ0v) is 22.6. The fraction of sp³-hybridized carbons (Fsp3) is 0.240. The van der Waals surface area contributed by atoms with Crippen LogP contribution in [-0.4, -0.2) is 48.8 Å². The van der Waals surface area contributed by atoms with Crippen LogP contribution in [0.15, 0.2) is 52.4 Å². The number of halogens is 4. The van der Waals surface area contributed by atoms with Gasteiger partial charge < -0.3 is 19.5 Å². The number of thioether (sulfide) groups is 1. The summed E-state index contributed by atoms with van der Waals surface area (Å²) in [7, 11) is 1.23. The Morgan fingerprint density at radius 2 is 1.87 bits per heavy atom. The number of carbonyl (C=O) groups excluding carboxylic acids is 3. The summed E-state index contributed by atoms with van der Waals surface area (Å²) in [6.45, 7) is 5.30. The van der Waals surface area contributed by atoms with E-state index in [0.29, 0.717) is 50.9 Å². The van der Waals surface area contributed by atoms with Crippen LogP contribution < -0.4 is 19.5 Å². The molecule has 0 bridgehead atoms. The van der Waals surface area contributed by atoms with Crippen molar-refractivity contribution >= 4 is 56.5 Å². The molecular weight excluding hydrogens is 593 g/mol. The van der Waals surface area contributed by atoms with E-state index in [1.165, 1.54) is 13.2 Å². The van der Waals surface area contributed by atoms with E-state index >= 15 is 0 Å². The van der Waals surface area contributed by atoms with Crippen molar-refractivity contribution in [2.24, 2.45) is 0 Å². The van der Waals surface area contributed by atoms with Gasteiger partial charge in [-0.1, -0.05) is 28.6 Å². The number of alkyl halides is 3. The van der Waals surface area contributed by atoms with Crippen molar-refractivity contribution in [3.8, 4) is 17.2 Å². The summed E-state index contributed by atoms with van der Waals surface area (Å²) >= 11 is 4.03. The number of ether oxygens (including phenoxy) is 3. The first-order valence-electron chi connectivity index (χ1n) is 11.0. The summed E-state index contributed by atoms with van der Waals surface area (Å²) in [6.07, 6.45) is -1.61. The normalized spacial score (nSPS) is 14.6. The van der Waals surface area contributed by atoms with Crippen LogP contribution in [-0.2, 0) is 15.8 Å². The average Bonchev–Trinajstić information content (AvgIpc) is 3.11. The molecule has 0 aromatic heterocycles. The number of amides is 3. The second-order valence-electron chi connectivity index (χ2n) is 7.58. The first-order chi connectivity index (χ1) is 18.0. The molecular formula is C25H22BrF3N2O6S. The highest BCUT2D eigenvalue weighted by Gasteiger charge is 2.37. The van der Waals surface area contributed by atoms with E-state index in [1.807, 2.05) is 0 Å². The first-order valence-corrected chi connectivity index (χ1v) is 12.6. The van der Waals surface area contributed by atoms with Gasteiger partial charge in [-0.25, -0.2) is 0 Å². The van der Waals surface area contributed by atoms with Gasteiger partial charge in [0.2, 0.25) is 5.91 Å². The molecule has 1 aliphatic rings. The number of nitrogens with one attached hydrogen (secondary N) is 1. The van der Waals surface area contributed by atoms with E-state index in [9.17, 15) is 27.6 Å². The SMILES string of the molecule is C=CCOc1cc(Br)c(/C=C2\SC(=O)N(CC(=O)Nc3cc(C(F)(F)F)ccc3OC)C2=O)cc1OCC. The van der Waals surface area contributed by atoms with Gasteiger partial charge in [0.05, 0.1) is 29.9 Å². The number of carbonyl (C=O) groups is 3. The Morgan fingerprint density at radius 3 is 2.50 bits per heavy atom. The highest BCUT2D eigenvalue weighted by Crippen LogP contribution is 2.39. The highest BCUT2D eigenvalue weighted by atomic mass is 79.9. The maximum Gasteiger partial charge on any atom is 0.416 e. The number of benzene rings is 2. The van der Waals surface area contributed by atoms with Gasteiger partial charge in [0.15, 0.2) is 11.5 Å². The van der Waals surface area contributed by atoms with Crippen molar-refractivity contribution in [1.82, 2.24) is 4.90 Å². The molecule has 1 aliphatic heterocycles. The van der Waals surface area contributed by atoms with E-state index < -0.39 is 35.3 Å².